The Morgan fingerprint density at radius 3 is 0.970 bits per heavy atom. The molecule has 0 aromatic rings. The van der Waals surface area contributed by atoms with Gasteiger partial charge in [0, 0.05) is 19.3 Å². The fourth-order valence-corrected chi connectivity index (χ4v) is 6.93. The van der Waals surface area contributed by atoms with E-state index in [0.717, 1.165) is 109 Å². The van der Waals surface area contributed by atoms with Gasteiger partial charge in [0.15, 0.2) is 6.10 Å². The lowest BCUT2D eigenvalue weighted by atomic mass is 10.1. The minimum Gasteiger partial charge on any atom is -0.462 e. The molecule has 0 saturated carbocycles. The van der Waals surface area contributed by atoms with E-state index in [4.69, 9.17) is 14.2 Å². The number of hydrogen-bond acceptors (Lipinski definition) is 6. The number of ether oxygens (including phenoxy) is 3. The topological polar surface area (TPSA) is 78.9 Å². The van der Waals surface area contributed by atoms with E-state index in [1.807, 2.05) is 0 Å². The van der Waals surface area contributed by atoms with Gasteiger partial charge in [0.25, 0.3) is 0 Å². The van der Waals surface area contributed by atoms with Gasteiger partial charge in [0.2, 0.25) is 0 Å². The van der Waals surface area contributed by atoms with Gasteiger partial charge in [-0.2, -0.15) is 0 Å². The summed E-state index contributed by atoms with van der Waals surface area (Å²) in [6.45, 7) is 6.30. The molecule has 378 valence electrons. The predicted octanol–water partition coefficient (Wildman–Crippen LogP) is 18.1. The Bertz CT molecular complexity index is 1440. The Labute approximate surface area is 412 Å². The molecule has 0 aliphatic heterocycles. The zero-order valence-electron chi connectivity index (χ0n) is 43.1. The molecule has 0 spiro atoms. The fourth-order valence-electron chi connectivity index (χ4n) is 6.93. The molecule has 0 rings (SSSR count). The van der Waals surface area contributed by atoms with E-state index in [0.29, 0.717) is 19.3 Å². The quantitative estimate of drug-likeness (QED) is 0.0262. The smallest absolute Gasteiger partial charge is 0.306 e. The molecule has 0 radical (unpaired) electrons. The molecule has 6 nitrogen and oxygen atoms in total. The third-order valence-corrected chi connectivity index (χ3v) is 10.9. The van der Waals surface area contributed by atoms with Gasteiger partial charge < -0.3 is 14.2 Å². The van der Waals surface area contributed by atoms with Crippen LogP contribution in [0.3, 0.4) is 0 Å². The van der Waals surface area contributed by atoms with Crippen LogP contribution in [0.5, 0.6) is 0 Å². The van der Waals surface area contributed by atoms with Gasteiger partial charge in [-0.3, -0.25) is 14.4 Å². The second kappa shape index (κ2) is 54.4. The van der Waals surface area contributed by atoms with Crippen LogP contribution in [-0.4, -0.2) is 37.2 Å². The van der Waals surface area contributed by atoms with Gasteiger partial charge in [-0.1, -0.05) is 206 Å². The lowest BCUT2D eigenvalue weighted by molar-refractivity contribution is -0.167. The van der Waals surface area contributed by atoms with Crippen LogP contribution in [0.4, 0.5) is 0 Å². The molecule has 0 bridgehead atoms. The average molecular weight is 927 g/mol. The highest BCUT2D eigenvalue weighted by Crippen LogP contribution is 2.13. The summed E-state index contributed by atoms with van der Waals surface area (Å²) in [5, 5.41) is 0. The van der Waals surface area contributed by atoms with E-state index in [1.165, 1.54) is 70.6 Å². The standard InChI is InChI=1S/C61H98O6/c1-4-7-10-13-16-19-22-25-27-29-30-32-33-36-39-42-45-48-51-54-60(63)66-57-58(56-65-59(62)53-50-47-44-41-38-35-24-21-18-15-12-9-6-3)67-61(64)55-52-49-46-43-40-37-34-31-28-26-23-20-17-14-11-8-5-2/h8-9,11-12,16-21,25-28,34-35,37-38,43,46,58H,4-7,10,13-15,22-24,29-33,36,39-42,44-45,47-57H2,1-3H3/b11-8-,12-9-,19-16-,20-17-,21-18-,27-25-,28-26-,37-34-,38-35-,46-43-. The summed E-state index contributed by atoms with van der Waals surface area (Å²) >= 11 is 0. The maximum Gasteiger partial charge on any atom is 0.306 e. The van der Waals surface area contributed by atoms with Gasteiger partial charge >= 0.3 is 17.9 Å². The summed E-state index contributed by atoms with van der Waals surface area (Å²) in [5.74, 6) is -1.01. The third kappa shape index (κ3) is 52.6. The zero-order chi connectivity index (χ0) is 48.6. The van der Waals surface area contributed by atoms with E-state index in [2.05, 4.69) is 142 Å². The molecule has 0 amide bonds. The number of allylic oxidation sites excluding steroid dienone is 20. The van der Waals surface area contributed by atoms with Gasteiger partial charge in [-0.05, 0) is 122 Å². The van der Waals surface area contributed by atoms with Crippen LogP contribution in [0.15, 0.2) is 122 Å². The van der Waals surface area contributed by atoms with Crippen LogP contribution in [0.1, 0.15) is 226 Å². The van der Waals surface area contributed by atoms with E-state index in [-0.39, 0.29) is 37.5 Å². The highest BCUT2D eigenvalue weighted by atomic mass is 16.6. The molecule has 1 unspecified atom stereocenters. The molecule has 0 N–H and O–H groups in total. The molecule has 67 heavy (non-hydrogen) atoms. The van der Waals surface area contributed by atoms with E-state index in [1.54, 1.807) is 0 Å². The molecule has 6 heteroatoms. The number of carbonyl (C=O) groups excluding carboxylic acids is 3. The highest BCUT2D eigenvalue weighted by Gasteiger charge is 2.19. The molecule has 1 atom stereocenters. The van der Waals surface area contributed by atoms with Gasteiger partial charge in [-0.15, -0.1) is 0 Å². The minimum atomic E-state index is -0.825. The van der Waals surface area contributed by atoms with Crippen LogP contribution in [0.2, 0.25) is 0 Å². The van der Waals surface area contributed by atoms with Crippen molar-refractivity contribution in [3.63, 3.8) is 0 Å². The Balaban J connectivity index is 4.51. The molecule has 0 saturated heterocycles. The monoisotopic (exact) mass is 927 g/mol. The van der Waals surface area contributed by atoms with Crippen molar-refractivity contribution in [2.75, 3.05) is 13.2 Å². The predicted molar refractivity (Wildman–Crippen MR) is 288 cm³/mol. The molecule has 0 aromatic carbocycles. The first-order chi connectivity index (χ1) is 33.0. The Hall–Kier alpha value is -4.19. The normalized spacial score (nSPS) is 13.1. The number of rotatable bonds is 47. The van der Waals surface area contributed by atoms with Crippen molar-refractivity contribution in [1.82, 2.24) is 0 Å². The van der Waals surface area contributed by atoms with Gasteiger partial charge in [0.1, 0.15) is 13.2 Å². The lowest BCUT2D eigenvalue weighted by Gasteiger charge is -2.18. The maximum atomic E-state index is 12.8. The van der Waals surface area contributed by atoms with E-state index in [9.17, 15) is 14.4 Å². The van der Waals surface area contributed by atoms with Crippen LogP contribution < -0.4 is 0 Å². The van der Waals surface area contributed by atoms with Crippen molar-refractivity contribution in [2.45, 2.75) is 232 Å². The van der Waals surface area contributed by atoms with Crippen molar-refractivity contribution in [3.05, 3.63) is 122 Å². The summed E-state index contributed by atoms with van der Waals surface area (Å²) in [4.78, 5) is 38.0. The number of esters is 3. The van der Waals surface area contributed by atoms with Crippen molar-refractivity contribution >= 4 is 17.9 Å². The Morgan fingerprint density at radius 1 is 0.313 bits per heavy atom. The molecule has 0 aromatic heterocycles. The summed E-state index contributed by atoms with van der Waals surface area (Å²) in [6.07, 6.45) is 74.8. The summed E-state index contributed by atoms with van der Waals surface area (Å²) < 4.78 is 16.7. The van der Waals surface area contributed by atoms with Crippen molar-refractivity contribution < 1.29 is 28.6 Å². The number of carbonyl (C=O) groups is 3. The molecular weight excluding hydrogens is 829 g/mol. The fraction of sp³-hybridized carbons (Fsp3) is 0.623. The van der Waals surface area contributed by atoms with Gasteiger partial charge in [-0.25, -0.2) is 0 Å². The van der Waals surface area contributed by atoms with E-state index < -0.39 is 6.10 Å². The molecule has 0 fully saturated rings. The Kier molecular flexibility index (Phi) is 51.0. The molecule has 0 aliphatic rings. The minimum absolute atomic E-state index is 0.116. The molecule has 0 heterocycles. The second-order valence-corrected chi connectivity index (χ2v) is 17.4. The van der Waals surface area contributed by atoms with Crippen LogP contribution >= 0.6 is 0 Å². The summed E-state index contributed by atoms with van der Waals surface area (Å²) in [7, 11) is 0. The number of unbranched alkanes of at least 4 members (excludes halogenated alkanes) is 16. The first kappa shape index (κ1) is 62.8. The first-order valence-corrected chi connectivity index (χ1v) is 27.0. The van der Waals surface area contributed by atoms with Crippen LogP contribution in [0.25, 0.3) is 0 Å². The SMILES string of the molecule is CC/C=C\C/C=C\C/C=C\C/C=C\C/C=C\CCCC(=O)OC(COC(=O)CCCCC/C=C\C/C=C\C/C=C\CC)COC(=O)CCCCCCCCCCC/C=C\C/C=C\CCCCC. The van der Waals surface area contributed by atoms with Gasteiger partial charge in [0.05, 0.1) is 0 Å². The average Bonchev–Trinajstić information content (AvgIpc) is 3.33. The summed E-state index contributed by atoms with van der Waals surface area (Å²) in [6, 6.07) is 0. The zero-order valence-corrected chi connectivity index (χ0v) is 43.1. The highest BCUT2D eigenvalue weighted by molar-refractivity contribution is 5.71. The largest absolute Gasteiger partial charge is 0.462 e. The summed E-state index contributed by atoms with van der Waals surface area (Å²) in [5.41, 5.74) is 0. The maximum absolute atomic E-state index is 12.8. The molecular formula is C61H98O6. The van der Waals surface area contributed by atoms with Crippen molar-refractivity contribution in [1.29, 1.82) is 0 Å². The first-order valence-electron chi connectivity index (χ1n) is 27.0. The van der Waals surface area contributed by atoms with Crippen molar-refractivity contribution in [2.24, 2.45) is 0 Å². The second-order valence-electron chi connectivity index (χ2n) is 17.4. The molecule has 0 aliphatic carbocycles. The Morgan fingerprint density at radius 2 is 0.597 bits per heavy atom. The third-order valence-electron chi connectivity index (χ3n) is 10.9. The lowest BCUT2D eigenvalue weighted by Crippen LogP contribution is -2.30. The van der Waals surface area contributed by atoms with E-state index >= 15 is 0 Å². The van der Waals surface area contributed by atoms with Crippen LogP contribution in [-0.2, 0) is 28.6 Å². The number of hydrogen-bond donors (Lipinski definition) is 0. The van der Waals surface area contributed by atoms with Crippen molar-refractivity contribution in [3.8, 4) is 0 Å². The van der Waals surface area contributed by atoms with Crippen LogP contribution in [0, 0.1) is 0 Å².